The van der Waals surface area contributed by atoms with Crippen LogP contribution in [-0.2, 0) is 6.54 Å². The van der Waals surface area contributed by atoms with Gasteiger partial charge in [0.05, 0.1) is 18.2 Å². The number of nitrogens with two attached hydrogens (primary N) is 1. The number of methoxy groups -OCH3 is 1. The summed E-state index contributed by atoms with van der Waals surface area (Å²) in [6.07, 6.45) is 1.95. The number of hydrogen-bond donors (Lipinski definition) is 2. The van der Waals surface area contributed by atoms with Gasteiger partial charge in [-0.15, -0.1) is 0 Å². The highest BCUT2D eigenvalue weighted by atomic mass is 16.5. The van der Waals surface area contributed by atoms with E-state index in [2.05, 4.69) is 4.57 Å². The van der Waals surface area contributed by atoms with E-state index in [1.165, 1.54) is 7.11 Å². The Bertz CT molecular complexity index is 856. The van der Waals surface area contributed by atoms with Crippen LogP contribution in [0.15, 0.2) is 48.7 Å². The predicted octanol–water partition coefficient (Wildman–Crippen LogP) is 1.03. The molecule has 3 aromatic rings. The van der Waals surface area contributed by atoms with Crippen LogP contribution in [0.25, 0.3) is 10.9 Å². The van der Waals surface area contributed by atoms with E-state index in [0.717, 1.165) is 29.4 Å². The maximum absolute atomic E-state index is 11.5. The molecule has 5 nitrogen and oxygen atoms in total. The molecule has 0 saturated carbocycles. The molecule has 1 aromatic heterocycles. The smallest absolute Gasteiger partial charge is 0.326 e. The lowest BCUT2D eigenvalue weighted by Gasteiger charge is -2.10. The molecule has 2 aromatic carbocycles. The fraction of sp³-hybridized carbons (Fsp3) is 0.118. The molecule has 0 bridgehead atoms. The minimum atomic E-state index is -0.507. The van der Waals surface area contributed by atoms with Crippen LogP contribution in [0.5, 0.6) is 5.75 Å². The summed E-state index contributed by atoms with van der Waals surface area (Å²) in [7, 11) is 2.60. The van der Waals surface area contributed by atoms with Gasteiger partial charge >= 0.3 is 7.48 Å². The third-order valence-corrected chi connectivity index (χ3v) is 3.85. The van der Waals surface area contributed by atoms with Gasteiger partial charge in [-0.25, -0.2) is 0 Å². The number of aromatic nitrogens is 1. The zero-order valence-electron chi connectivity index (χ0n) is 12.7. The van der Waals surface area contributed by atoms with Crippen LogP contribution >= 0.6 is 0 Å². The largest absolute Gasteiger partial charge is 0.495 e. The monoisotopic (exact) mass is 307 g/mol. The van der Waals surface area contributed by atoms with Crippen molar-refractivity contribution in [1.82, 2.24) is 4.57 Å². The molecule has 1 amide bonds. The van der Waals surface area contributed by atoms with E-state index in [-0.39, 0.29) is 0 Å². The van der Waals surface area contributed by atoms with Gasteiger partial charge in [0.1, 0.15) is 5.75 Å². The second-order valence-electron chi connectivity index (χ2n) is 5.26. The van der Waals surface area contributed by atoms with Crippen LogP contribution in [0.1, 0.15) is 15.9 Å². The second-order valence-corrected chi connectivity index (χ2v) is 5.26. The standard InChI is InChI=1S/C17H16BN2O3/c1-23-16-13-8-9-20(15(13)7-6-14(16)17(19)21)10-11-2-4-12(18-22)5-3-11/h2-9,22H,10H2,1H3,(H2,19,21). The Morgan fingerprint density at radius 1 is 1.22 bits per heavy atom. The van der Waals surface area contributed by atoms with E-state index in [0.29, 0.717) is 17.9 Å². The van der Waals surface area contributed by atoms with Crippen LogP contribution in [-0.4, -0.2) is 30.1 Å². The predicted molar refractivity (Wildman–Crippen MR) is 90.2 cm³/mol. The molecular weight excluding hydrogens is 291 g/mol. The molecule has 0 aliphatic heterocycles. The first-order chi connectivity index (χ1) is 11.1. The Morgan fingerprint density at radius 3 is 2.57 bits per heavy atom. The number of primary amides is 1. The molecule has 0 aliphatic rings. The van der Waals surface area contributed by atoms with Gasteiger partial charge in [0.15, 0.2) is 0 Å². The van der Waals surface area contributed by atoms with Crippen LogP contribution in [0.2, 0.25) is 0 Å². The van der Waals surface area contributed by atoms with Crippen molar-refractivity contribution in [2.45, 2.75) is 6.54 Å². The highest BCUT2D eigenvalue weighted by molar-refractivity contribution is 6.45. The first kappa shape index (κ1) is 15.2. The van der Waals surface area contributed by atoms with E-state index < -0.39 is 5.91 Å². The van der Waals surface area contributed by atoms with E-state index in [1.54, 1.807) is 6.07 Å². The van der Waals surface area contributed by atoms with E-state index in [4.69, 9.17) is 15.5 Å². The van der Waals surface area contributed by atoms with Crippen LogP contribution in [0, 0.1) is 0 Å². The second kappa shape index (κ2) is 6.18. The molecular formula is C17H16BN2O3. The van der Waals surface area contributed by atoms with Gasteiger partial charge in [-0.2, -0.15) is 0 Å². The highest BCUT2D eigenvalue weighted by Crippen LogP contribution is 2.30. The number of carbonyl (C=O) groups is 1. The lowest BCUT2D eigenvalue weighted by Crippen LogP contribution is -2.13. The van der Waals surface area contributed by atoms with E-state index in [9.17, 15) is 4.79 Å². The molecule has 3 N–H and O–H groups in total. The van der Waals surface area contributed by atoms with Crippen molar-refractivity contribution in [3.63, 3.8) is 0 Å². The number of carbonyl (C=O) groups excluding carboxylic acids is 1. The van der Waals surface area contributed by atoms with Crippen LogP contribution in [0.4, 0.5) is 0 Å². The Hall–Kier alpha value is -2.73. The lowest BCUT2D eigenvalue weighted by molar-refractivity contribution is 0.0997. The van der Waals surface area contributed by atoms with Crippen molar-refractivity contribution >= 4 is 29.8 Å². The summed E-state index contributed by atoms with van der Waals surface area (Å²) < 4.78 is 7.44. The Labute approximate surface area is 134 Å². The minimum Gasteiger partial charge on any atom is -0.495 e. The van der Waals surface area contributed by atoms with Gasteiger partial charge in [-0.1, -0.05) is 29.7 Å². The minimum absolute atomic E-state index is 0.376. The molecule has 115 valence electrons. The molecule has 0 atom stereocenters. The summed E-state index contributed by atoms with van der Waals surface area (Å²) in [4.78, 5) is 11.5. The summed E-state index contributed by atoms with van der Waals surface area (Å²) >= 11 is 0. The molecule has 1 heterocycles. The molecule has 0 spiro atoms. The van der Waals surface area contributed by atoms with Crippen molar-refractivity contribution in [2.75, 3.05) is 7.11 Å². The Morgan fingerprint density at radius 2 is 1.96 bits per heavy atom. The number of benzene rings is 2. The number of hydrogen-bond acceptors (Lipinski definition) is 3. The number of rotatable bonds is 5. The topological polar surface area (TPSA) is 77.5 Å². The van der Waals surface area contributed by atoms with Crippen molar-refractivity contribution in [3.8, 4) is 5.75 Å². The average Bonchev–Trinajstić information content (AvgIpc) is 2.97. The molecule has 23 heavy (non-hydrogen) atoms. The SMILES string of the molecule is COc1c(C(N)=O)ccc2c1ccn2Cc1ccc([B]O)cc1. The number of amides is 1. The van der Waals surface area contributed by atoms with Crippen LogP contribution in [0.3, 0.4) is 0 Å². The third kappa shape index (κ3) is 2.81. The van der Waals surface area contributed by atoms with Gasteiger partial charge in [0.25, 0.3) is 5.91 Å². The van der Waals surface area contributed by atoms with Gasteiger partial charge in [-0.05, 0) is 23.8 Å². The number of nitrogens with zero attached hydrogens (tertiary/aromatic N) is 1. The summed E-state index contributed by atoms with van der Waals surface area (Å²) in [5.41, 5.74) is 8.59. The summed E-state index contributed by atoms with van der Waals surface area (Å²) in [5, 5.41) is 9.82. The molecule has 0 aliphatic carbocycles. The van der Waals surface area contributed by atoms with Crippen LogP contribution < -0.4 is 15.9 Å². The molecule has 0 fully saturated rings. The molecule has 1 radical (unpaired) electrons. The Kier molecular flexibility index (Phi) is 4.08. The Balaban J connectivity index is 2.00. The van der Waals surface area contributed by atoms with Gasteiger partial charge < -0.3 is 20.1 Å². The van der Waals surface area contributed by atoms with Gasteiger partial charge in [0, 0.05) is 18.1 Å². The number of fused-ring (bicyclic) bond motifs is 1. The zero-order valence-corrected chi connectivity index (χ0v) is 12.7. The first-order valence-corrected chi connectivity index (χ1v) is 7.16. The first-order valence-electron chi connectivity index (χ1n) is 7.16. The normalized spacial score (nSPS) is 10.7. The quantitative estimate of drug-likeness (QED) is 0.691. The maximum atomic E-state index is 11.5. The summed E-state index contributed by atoms with van der Waals surface area (Å²) in [5.74, 6) is -0.00804. The highest BCUT2D eigenvalue weighted by Gasteiger charge is 2.14. The molecule has 3 rings (SSSR count). The zero-order chi connectivity index (χ0) is 16.4. The third-order valence-electron chi connectivity index (χ3n) is 3.85. The molecule has 0 saturated heterocycles. The number of ether oxygens (including phenoxy) is 1. The van der Waals surface area contributed by atoms with E-state index >= 15 is 0 Å². The van der Waals surface area contributed by atoms with Crippen molar-refractivity contribution < 1.29 is 14.6 Å². The summed E-state index contributed by atoms with van der Waals surface area (Å²) in [6.45, 7) is 0.675. The van der Waals surface area contributed by atoms with Crippen molar-refractivity contribution in [2.24, 2.45) is 5.73 Å². The summed E-state index contributed by atoms with van der Waals surface area (Å²) in [6, 6.07) is 13.1. The maximum Gasteiger partial charge on any atom is 0.326 e. The molecule has 0 unspecified atom stereocenters. The van der Waals surface area contributed by atoms with Gasteiger partial charge in [-0.3, -0.25) is 4.79 Å². The van der Waals surface area contributed by atoms with E-state index in [1.807, 2.05) is 42.6 Å². The fourth-order valence-electron chi connectivity index (χ4n) is 2.70. The van der Waals surface area contributed by atoms with Crippen molar-refractivity contribution in [3.05, 3.63) is 59.8 Å². The van der Waals surface area contributed by atoms with Gasteiger partial charge in [0.2, 0.25) is 0 Å². The average molecular weight is 307 g/mol. The fourth-order valence-corrected chi connectivity index (χ4v) is 2.70. The lowest BCUT2D eigenvalue weighted by atomic mass is 9.88. The molecule has 6 heteroatoms. The van der Waals surface area contributed by atoms with Crippen molar-refractivity contribution in [1.29, 1.82) is 0 Å².